The molecule has 7 nitrogen and oxygen atoms in total. The monoisotopic (exact) mass is 469 g/mol. The van der Waals surface area contributed by atoms with Crippen molar-refractivity contribution in [2.45, 2.75) is 19.6 Å². The summed E-state index contributed by atoms with van der Waals surface area (Å²) < 4.78 is 11.1. The van der Waals surface area contributed by atoms with Gasteiger partial charge in [0.05, 0.1) is 13.7 Å². The predicted molar refractivity (Wildman–Crippen MR) is 134 cm³/mol. The molecule has 35 heavy (non-hydrogen) atoms. The highest BCUT2D eigenvalue weighted by molar-refractivity contribution is 5.91. The molecule has 0 radical (unpaired) electrons. The number of ether oxygens (including phenoxy) is 1. The van der Waals surface area contributed by atoms with E-state index in [-0.39, 0.29) is 24.2 Å². The van der Waals surface area contributed by atoms with Gasteiger partial charge < -0.3 is 24.7 Å². The van der Waals surface area contributed by atoms with E-state index in [0.29, 0.717) is 30.3 Å². The Labute approximate surface area is 204 Å². The Morgan fingerprint density at radius 3 is 2.26 bits per heavy atom. The lowest BCUT2D eigenvalue weighted by Gasteiger charge is -2.22. The average molecular weight is 470 g/mol. The van der Waals surface area contributed by atoms with Crippen molar-refractivity contribution in [3.05, 3.63) is 120 Å². The molecule has 1 heterocycles. The van der Waals surface area contributed by atoms with Crippen LogP contribution in [0.15, 0.2) is 101 Å². The van der Waals surface area contributed by atoms with Gasteiger partial charge in [0.25, 0.3) is 5.91 Å². The minimum Gasteiger partial charge on any atom is -0.496 e. The number of anilines is 1. The summed E-state index contributed by atoms with van der Waals surface area (Å²) in [5.41, 5.74) is 2.55. The molecule has 0 atom stereocenters. The maximum Gasteiger partial charge on any atom is 0.322 e. The zero-order valence-corrected chi connectivity index (χ0v) is 19.4. The third kappa shape index (κ3) is 6.51. The standard InChI is InChI=1S/C28H27N3O4/c1-34-25-15-9-8-12-22(25)18-29-27(32)26-17-16-24(35-26)20-31(19-21-10-4-2-5-11-21)28(33)30-23-13-6-3-7-14-23/h2-17H,18-20H2,1H3,(H,29,32)(H,30,33). The minimum atomic E-state index is -0.342. The molecular formula is C28H27N3O4. The molecule has 0 aliphatic carbocycles. The van der Waals surface area contributed by atoms with E-state index in [4.69, 9.17) is 9.15 Å². The normalized spacial score (nSPS) is 10.4. The van der Waals surface area contributed by atoms with Crippen molar-refractivity contribution >= 4 is 17.6 Å². The van der Waals surface area contributed by atoms with Crippen LogP contribution in [-0.4, -0.2) is 23.9 Å². The molecule has 2 N–H and O–H groups in total. The number of nitrogens with zero attached hydrogens (tertiary/aromatic N) is 1. The van der Waals surface area contributed by atoms with Crippen LogP contribution >= 0.6 is 0 Å². The molecule has 0 unspecified atom stereocenters. The van der Waals surface area contributed by atoms with Crippen LogP contribution in [0.3, 0.4) is 0 Å². The zero-order chi connectivity index (χ0) is 24.5. The summed E-state index contributed by atoms with van der Waals surface area (Å²) in [7, 11) is 1.59. The average Bonchev–Trinajstić information content (AvgIpc) is 3.37. The summed E-state index contributed by atoms with van der Waals surface area (Å²) in [5.74, 6) is 1.05. The van der Waals surface area contributed by atoms with E-state index < -0.39 is 0 Å². The summed E-state index contributed by atoms with van der Waals surface area (Å²) in [4.78, 5) is 27.3. The number of furan rings is 1. The van der Waals surface area contributed by atoms with Gasteiger partial charge in [-0.15, -0.1) is 0 Å². The van der Waals surface area contributed by atoms with Crippen LogP contribution < -0.4 is 15.4 Å². The molecule has 1 aromatic heterocycles. The molecule has 0 fully saturated rings. The number of nitrogens with one attached hydrogen (secondary N) is 2. The van der Waals surface area contributed by atoms with Crippen LogP contribution in [0.25, 0.3) is 0 Å². The van der Waals surface area contributed by atoms with E-state index in [1.54, 1.807) is 24.1 Å². The van der Waals surface area contributed by atoms with Crippen molar-refractivity contribution < 1.29 is 18.7 Å². The number of carbonyl (C=O) groups excluding carboxylic acids is 2. The van der Waals surface area contributed by atoms with Gasteiger partial charge >= 0.3 is 6.03 Å². The van der Waals surface area contributed by atoms with E-state index in [1.165, 1.54) is 0 Å². The first-order valence-corrected chi connectivity index (χ1v) is 11.3. The largest absolute Gasteiger partial charge is 0.496 e. The molecule has 0 saturated heterocycles. The number of benzene rings is 3. The Morgan fingerprint density at radius 1 is 0.829 bits per heavy atom. The zero-order valence-electron chi connectivity index (χ0n) is 19.4. The fraction of sp³-hybridized carbons (Fsp3) is 0.143. The van der Waals surface area contributed by atoms with Gasteiger partial charge in [0.15, 0.2) is 5.76 Å². The third-order valence-corrected chi connectivity index (χ3v) is 5.39. The van der Waals surface area contributed by atoms with Gasteiger partial charge in [0, 0.05) is 24.3 Å². The lowest BCUT2D eigenvalue weighted by Crippen LogP contribution is -2.34. The van der Waals surface area contributed by atoms with E-state index in [1.807, 2.05) is 84.9 Å². The van der Waals surface area contributed by atoms with E-state index in [2.05, 4.69) is 10.6 Å². The molecule has 0 aliphatic rings. The molecule has 178 valence electrons. The Morgan fingerprint density at radius 2 is 1.51 bits per heavy atom. The maximum atomic E-state index is 13.1. The lowest BCUT2D eigenvalue weighted by atomic mass is 10.2. The van der Waals surface area contributed by atoms with Crippen LogP contribution in [0.1, 0.15) is 27.4 Å². The molecule has 4 rings (SSSR count). The summed E-state index contributed by atoms with van der Waals surface area (Å²) in [5, 5.41) is 5.76. The molecule has 0 bridgehead atoms. The predicted octanol–water partition coefficient (Wildman–Crippen LogP) is 5.45. The molecule has 3 amide bonds. The first-order valence-electron chi connectivity index (χ1n) is 11.3. The van der Waals surface area contributed by atoms with Crippen molar-refractivity contribution in [1.29, 1.82) is 0 Å². The minimum absolute atomic E-state index is 0.179. The molecule has 3 aromatic carbocycles. The summed E-state index contributed by atoms with van der Waals surface area (Å²) in [6.45, 7) is 0.890. The van der Waals surface area contributed by atoms with Gasteiger partial charge in [0.1, 0.15) is 11.5 Å². The Balaban J connectivity index is 1.43. The van der Waals surface area contributed by atoms with Crippen LogP contribution in [-0.2, 0) is 19.6 Å². The molecule has 0 aliphatic heterocycles. The highest BCUT2D eigenvalue weighted by Gasteiger charge is 2.18. The Kier molecular flexibility index (Phi) is 7.81. The van der Waals surface area contributed by atoms with Crippen molar-refractivity contribution in [2.24, 2.45) is 0 Å². The van der Waals surface area contributed by atoms with Crippen molar-refractivity contribution in [3.8, 4) is 5.75 Å². The number of hydrogen-bond acceptors (Lipinski definition) is 4. The van der Waals surface area contributed by atoms with E-state index >= 15 is 0 Å². The SMILES string of the molecule is COc1ccccc1CNC(=O)c1ccc(CN(Cc2ccccc2)C(=O)Nc2ccccc2)o1. The smallest absolute Gasteiger partial charge is 0.322 e. The Hall–Kier alpha value is -4.52. The fourth-order valence-electron chi connectivity index (χ4n) is 3.61. The topological polar surface area (TPSA) is 83.8 Å². The molecule has 0 saturated carbocycles. The van der Waals surface area contributed by atoms with Gasteiger partial charge in [-0.2, -0.15) is 0 Å². The van der Waals surface area contributed by atoms with E-state index in [9.17, 15) is 9.59 Å². The molecule has 4 aromatic rings. The van der Waals surface area contributed by atoms with Gasteiger partial charge in [0.2, 0.25) is 0 Å². The van der Waals surface area contributed by atoms with Crippen LogP contribution in [0.4, 0.5) is 10.5 Å². The Bertz CT molecular complexity index is 1260. The number of carbonyl (C=O) groups is 2. The molecular weight excluding hydrogens is 442 g/mol. The van der Waals surface area contributed by atoms with Crippen molar-refractivity contribution in [3.63, 3.8) is 0 Å². The number of para-hydroxylation sites is 2. The third-order valence-electron chi connectivity index (χ3n) is 5.39. The number of rotatable bonds is 9. The van der Waals surface area contributed by atoms with Gasteiger partial charge in [-0.25, -0.2) is 4.79 Å². The van der Waals surface area contributed by atoms with E-state index in [0.717, 1.165) is 11.1 Å². The fourth-order valence-corrected chi connectivity index (χ4v) is 3.61. The second-order valence-corrected chi connectivity index (χ2v) is 7.90. The lowest BCUT2D eigenvalue weighted by molar-refractivity contribution is 0.0920. The van der Waals surface area contributed by atoms with Crippen LogP contribution in [0.5, 0.6) is 5.75 Å². The summed E-state index contributed by atoms with van der Waals surface area (Å²) in [6, 6.07) is 29.5. The van der Waals surface area contributed by atoms with Crippen LogP contribution in [0, 0.1) is 0 Å². The second kappa shape index (κ2) is 11.6. The number of methoxy groups -OCH3 is 1. The second-order valence-electron chi connectivity index (χ2n) is 7.90. The maximum absolute atomic E-state index is 13.1. The number of hydrogen-bond donors (Lipinski definition) is 2. The van der Waals surface area contributed by atoms with Crippen molar-refractivity contribution in [2.75, 3.05) is 12.4 Å². The first kappa shape index (κ1) is 23.6. The summed E-state index contributed by atoms with van der Waals surface area (Å²) in [6.07, 6.45) is 0. The van der Waals surface area contributed by atoms with Gasteiger partial charge in [-0.3, -0.25) is 4.79 Å². The first-order chi connectivity index (χ1) is 17.1. The highest BCUT2D eigenvalue weighted by Crippen LogP contribution is 2.18. The van der Waals surface area contributed by atoms with Crippen LogP contribution in [0.2, 0.25) is 0 Å². The van der Waals surface area contributed by atoms with Gasteiger partial charge in [-0.1, -0.05) is 66.7 Å². The van der Waals surface area contributed by atoms with Gasteiger partial charge in [-0.05, 0) is 35.9 Å². The highest BCUT2D eigenvalue weighted by atomic mass is 16.5. The molecule has 7 heteroatoms. The quantitative estimate of drug-likeness (QED) is 0.341. The number of amides is 3. The molecule has 0 spiro atoms. The van der Waals surface area contributed by atoms with Crippen molar-refractivity contribution in [1.82, 2.24) is 10.2 Å². The summed E-state index contributed by atoms with van der Waals surface area (Å²) >= 11 is 0. The number of urea groups is 1.